The summed E-state index contributed by atoms with van der Waals surface area (Å²) in [5.74, 6) is -5.67. The van der Waals surface area contributed by atoms with Crippen LogP contribution in [0.4, 0.5) is 18.3 Å². The second-order valence-corrected chi connectivity index (χ2v) is 12.1. The van der Waals surface area contributed by atoms with Gasteiger partial charge in [-0.2, -0.15) is 0 Å². The summed E-state index contributed by atoms with van der Waals surface area (Å²) >= 11 is 0.808. The normalized spacial score (nSPS) is 13.8. The topological polar surface area (TPSA) is 132 Å². The van der Waals surface area contributed by atoms with E-state index in [1.54, 1.807) is 0 Å². The smallest absolute Gasteiger partial charge is 0.335 e. The Kier molecular flexibility index (Phi) is 7.69. The number of carbonyl (C=O) groups is 2. The van der Waals surface area contributed by atoms with Crippen LogP contribution < -0.4 is 14.8 Å². The number of thiazole rings is 1. The number of nitrogens with one attached hydrogen (secondary N) is 1. The average molecular weight is 605 g/mol. The molecule has 1 atom stereocenters. The van der Waals surface area contributed by atoms with E-state index in [4.69, 9.17) is 14.6 Å². The molecule has 41 heavy (non-hydrogen) atoms. The van der Waals surface area contributed by atoms with Gasteiger partial charge in [-0.1, -0.05) is 23.5 Å². The SMILES string of the molecule is O=C(O)c1ccc(Oc2cnc(NC(=O)C(Oc3ccc(F)cc3F)c3ccc(S(=O)(=O)C4CC4)cc3)s2)c(F)c1. The van der Waals surface area contributed by atoms with Crippen molar-refractivity contribution in [2.45, 2.75) is 29.1 Å². The van der Waals surface area contributed by atoms with Crippen molar-refractivity contribution in [1.29, 1.82) is 0 Å². The third-order valence-corrected chi connectivity index (χ3v) is 9.02. The number of halogens is 3. The molecule has 1 fully saturated rings. The van der Waals surface area contributed by atoms with Crippen molar-refractivity contribution in [3.8, 4) is 16.6 Å². The Morgan fingerprint density at radius 3 is 2.29 bits per heavy atom. The van der Waals surface area contributed by atoms with Gasteiger partial charge in [-0.15, -0.1) is 0 Å². The lowest BCUT2D eigenvalue weighted by Crippen LogP contribution is -2.26. The van der Waals surface area contributed by atoms with E-state index in [-0.39, 0.29) is 32.0 Å². The minimum atomic E-state index is -3.50. The summed E-state index contributed by atoms with van der Waals surface area (Å²) in [7, 11) is -3.50. The monoisotopic (exact) mass is 604 g/mol. The molecular weight excluding hydrogens is 585 g/mol. The molecule has 0 bridgehead atoms. The summed E-state index contributed by atoms with van der Waals surface area (Å²) in [6.07, 6.45) is 0.823. The van der Waals surface area contributed by atoms with E-state index in [1.165, 1.54) is 30.5 Å². The van der Waals surface area contributed by atoms with Crippen LogP contribution in [-0.2, 0) is 14.6 Å². The number of carbonyl (C=O) groups excluding carboxylic acids is 1. The van der Waals surface area contributed by atoms with Crippen molar-refractivity contribution in [1.82, 2.24) is 4.98 Å². The van der Waals surface area contributed by atoms with Crippen LogP contribution in [0.25, 0.3) is 0 Å². The van der Waals surface area contributed by atoms with Crippen LogP contribution in [-0.4, -0.2) is 35.6 Å². The largest absolute Gasteiger partial charge is 0.478 e. The van der Waals surface area contributed by atoms with Gasteiger partial charge in [-0.3, -0.25) is 10.1 Å². The number of nitrogens with zero attached hydrogens (tertiary/aromatic N) is 1. The third-order valence-electron chi connectivity index (χ3n) is 5.96. The molecule has 0 spiro atoms. The first-order valence-corrected chi connectivity index (χ1v) is 14.3. The van der Waals surface area contributed by atoms with Crippen molar-refractivity contribution in [2.24, 2.45) is 0 Å². The van der Waals surface area contributed by atoms with Crippen molar-refractivity contribution >= 4 is 38.2 Å². The highest BCUT2D eigenvalue weighted by Gasteiger charge is 2.37. The minimum Gasteiger partial charge on any atom is -0.478 e. The highest BCUT2D eigenvalue weighted by atomic mass is 32.2. The van der Waals surface area contributed by atoms with E-state index in [2.05, 4.69) is 10.3 Å². The van der Waals surface area contributed by atoms with Crippen molar-refractivity contribution in [3.05, 3.63) is 95.4 Å². The van der Waals surface area contributed by atoms with Crippen LogP contribution >= 0.6 is 11.3 Å². The van der Waals surface area contributed by atoms with Gasteiger partial charge in [0, 0.05) is 11.6 Å². The zero-order valence-corrected chi connectivity index (χ0v) is 22.3. The number of ether oxygens (including phenoxy) is 2. The molecule has 5 rings (SSSR count). The van der Waals surface area contributed by atoms with Gasteiger partial charge < -0.3 is 14.6 Å². The number of rotatable bonds is 10. The average Bonchev–Trinajstić information content (AvgIpc) is 3.71. The fraction of sp³-hybridized carbons (Fsp3) is 0.148. The van der Waals surface area contributed by atoms with Crippen LogP contribution in [0, 0.1) is 17.5 Å². The van der Waals surface area contributed by atoms with Gasteiger partial charge in [0.05, 0.1) is 21.9 Å². The van der Waals surface area contributed by atoms with Gasteiger partial charge >= 0.3 is 5.97 Å². The molecule has 3 aromatic carbocycles. The van der Waals surface area contributed by atoms with Gasteiger partial charge in [0.15, 0.2) is 38.1 Å². The number of aromatic nitrogens is 1. The molecule has 14 heteroatoms. The molecule has 1 aromatic heterocycles. The summed E-state index contributed by atoms with van der Waals surface area (Å²) in [6.45, 7) is 0. The second kappa shape index (κ2) is 11.2. The Bertz CT molecular complexity index is 1740. The lowest BCUT2D eigenvalue weighted by Gasteiger charge is -2.19. The summed E-state index contributed by atoms with van der Waals surface area (Å²) in [5.41, 5.74) is -0.0940. The Morgan fingerprint density at radius 1 is 0.976 bits per heavy atom. The molecule has 1 aliphatic rings. The Balaban J connectivity index is 1.37. The predicted molar refractivity (Wildman–Crippen MR) is 141 cm³/mol. The van der Waals surface area contributed by atoms with Crippen LogP contribution in [0.3, 0.4) is 0 Å². The van der Waals surface area contributed by atoms with E-state index < -0.39 is 56.3 Å². The number of amides is 1. The summed E-state index contributed by atoms with van der Waals surface area (Å²) < 4.78 is 78.2. The molecule has 212 valence electrons. The standard InChI is InChI=1S/C27H19F3N2O7S2/c28-16-4-10-22(20(30)12-16)39-24(14-1-5-17(6-2-14)41(36,37)18-7-8-18)25(33)32-27-31-13-23(40-27)38-21-9-3-15(26(34)35)11-19(21)29/h1-6,9-13,18,24H,7-8H2,(H,34,35)(H,31,32,33). The van der Waals surface area contributed by atoms with Crippen molar-refractivity contribution < 1.29 is 45.8 Å². The van der Waals surface area contributed by atoms with E-state index in [1.807, 2.05) is 0 Å². The van der Waals surface area contributed by atoms with E-state index in [0.717, 1.165) is 41.7 Å². The maximum absolute atomic E-state index is 14.4. The fourth-order valence-electron chi connectivity index (χ4n) is 3.73. The molecule has 0 radical (unpaired) electrons. The van der Waals surface area contributed by atoms with E-state index in [9.17, 15) is 31.2 Å². The van der Waals surface area contributed by atoms with Crippen molar-refractivity contribution in [2.75, 3.05) is 5.32 Å². The molecule has 0 aliphatic heterocycles. The molecule has 1 saturated carbocycles. The highest BCUT2D eigenvalue weighted by molar-refractivity contribution is 7.92. The first-order valence-electron chi connectivity index (χ1n) is 11.9. The van der Waals surface area contributed by atoms with E-state index in [0.29, 0.717) is 18.9 Å². The first-order chi connectivity index (χ1) is 19.5. The Labute approximate surface area is 235 Å². The molecule has 2 N–H and O–H groups in total. The summed E-state index contributed by atoms with van der Waals surface area (Å²) in [4.78, 5) is 28.3. The predicted octanol–water partition coefficient (Wildman–Crippen LogP) is 5.75. The van der Waals surface area contributed by atoms with Gasteiger partial charge in [0.2, 0.25) is 11.2 Å². The van der Waals surface area contributed by atoms with Gasteiger partial charge in [0.1, 0.15) is 5.82 Å². The lowest BCUT2D eigenvalue weighted by atomic mass is 10.1. The number of carboxylic acids is 1. The molecule has 1 amide bonds. The third kappa shape index (κ3) is 6.33. The van der Waals surface area contributed by atoms with Gasteiger partial charge in [-0.05, 0) is 55.3 Å². The zero-order chi connectivity index (χ0) is 29.3. The number of sulfone groups is 1. The maximum atomic E-state index is 14.4. The molecule has 0 saturated heterocycles. The van der Waals surface area contributed by atoms with Crippen LogP contribution in [0.15, 0.2) is 71.8 Å². The van der Waals surface area contributed by atoms with Gasteiger partial charge in [-0.25, -0.2) is 31.4 Å². The minimum absolute atomic E-state index is 0.00586. The Hall–Kier alpha value is -4.43. The number of aromatic carboxylic acids is 1. The molecule has 4 aromatic rings. The fourth-order valence-corrected chi connectivity index (χ4v) is 6.08. The summed E-state index contributed by atoms with van der Waals surface area (Å²) in [5, 5.41) is 11.1. The number of hydrogen-bond acceptors (Lipinski definition) is 8. The number of benzene rings is 3. The zero-order valence-electron chi connectivity index (χ0n) is 20.7. The number of hydrogen-bond donors (Lipinski definition) is 2. The second-order valence-electron chi connectivity index (χ2n) is 8.91. The van der Waals surface area contributed by atoms with Gasteiger partial charge in [0.25, 0.3) is 5.91 Å². The van der Waals surface area contributed by atoms with Crippen LogP contribution in [0.5, 0.6) is 16.6 Å². The lowest BCUT2D eigenvalue weighted by molar-refractivity contribution is -0.123. The maximum Gasteiger partial charge on any atom is 0.335 e. The van der Waals surface area contributed by atoms with Crippen LogP contribution in [0.1, 0.15) is 34.9 Å². The Morgan fingerprint density at radius 2 is 1.66 bits per heavy atom. The van der Waals surface area contributed by atoms with Crippen molar-refractivity contribution in [3.63, 3.8) is 0 Å². The molecule has 9 nitrogen and oxygen atoms in total. The molecular formula is C27H19F3N2O7S2. The summed E-state index contributed by atoms with van der Waals surface area (Å²) in [6, 6.07) is 11.0. The molecule has 1 heterocycles. The van der Waals surface area contributed by atoms with Crippen LogP contribution in [0.2, 0.25) is 0 Å². The quantitative estimate of drug-likeness (QED) is 0.234. The first kappa shape index (κ1) is 28.1. The highest BCUT2D eigenvalue weighted by Crippen LogP contribution is 2.35. The molecule has 1 aliphatic carbocycles. The number of carboxylic acid groups (broad SMARTS) is 1. The number of anilines is 1. The molecule has 1 unspecified atom stereocenters. The van der Waals surface area contributed by atoms with E-state index >= 15 is 0 Å².